The van der Waals surface area contributed by atoms with E-state index in [1.165, 1.54) is 0 Å². The number of hydrogen-bond donors (Lipinski definition) is 2. The third-order valence-corrected chi connectivity index (χ3v) is 7.26. The van der Waals surface area contributed by atoms with Crippen molar-refractivity contribution in [3.05, 3.63) is 58.6 Å². The molecule has 0 atom stereocenters. The Morgan fingerprint density at radius 2 is 1.61 bits per heavy atom. The van der Waals surface area contributed by atoms with Gasteiger partial charge >= 0.3 is 6.09 Å². The monoisotopic (exact) mass is 537 g/mol. The van der Waals surface area contributed by atoms with E-state index in [-0.39, 0.29) is 18.0 Å². The summed E-state index contributed by atoms with van der Waals surface area (Å²) in [5.74, 6) is -0.0541. The number of nitrogens with one attached hydrogen (secondary N) is 2. The summed E-state index contributed by atoms with van der Waals surface area (Å²) in [5, 5.41) is 16.2. The molecule has 0 aromatic heterocycles. The molecular formula is C29H36ClN5O3. The van der Waals surface area contributed by atoms with E-state index >= 15 is 0 Å². The Morgan fingerprint density at radius 3 is 2.18 bits per heavy atom. The van der Waals surface area contributed by atoms with Gasteiger partial charge in [0.25, 0.3) is 5.91 Å². The summed E-state index contributed by atoms with van der Waals surface area (Å²) in [6.45, 7) is 8.26. The van der Waals surface area contributed by atoms with Crippen LogP contribution in [-0.2, 0) is 4.74 Å². The van der Waals surface area contributed by atoms with Crippen molar-refractivity contribution in [1.82, 2.24) is 10.2 Å². The van der Waals surface area contributed by atoms with Gasteiger partial charge in [0.15, 0.2) is 0 Å². The van der Waals surface area contributed by atoms with Crippen LogP contribution in [-0.4, -0.2) is 60.8 Å². The quantitative estimate of drug-likeness (QED) is 0.528. The highest BCUT2D eigenvalue weighted by Gasteiger charge is 2.26. The predicted octanol–water partition coefficient (Wildman–Crippen LogP) is 5.42. The second kappa shape index (κ2) is 12.0. The number of ether oxygens (including phenoxy) is 1. The topological polar surface area (TPSA) is 97.7 Å². The van der Waals surface area contributed by atoms with Gasteiger partial charge in [0.2, 0.25) is 0 Å². The number of carbonyl (C=O) groups excluding carboxylic acids is 2. The number of nitriles is 1. The Kier molecular flexibility index (Phi) is 8.68. The molecule has 2 aromatic carbocycles. The molecule has 1 aliphatic heterocycles. The first-order valence-corrected chi connectivity index (χ1v) is 13.6. The number of anilines is 2. The van der Waals surface area contributed by atoms with Crippen molar-refractivity contribution < 1.29 is 14.3 Å². The van der Waals surface area contributed by atoms with Gasteiger partial charge in [0.05, 0.1) is 10.6 Å². The Balaban J connectivity index is 1.21. The summed E-state index contributed by atoms with van der Waals surface area (Å²) in [6, 6.07) is 15.6. The Morgan fingerprint density at radius 1 is 0.974 bits per heavy atom. The van der Waals surface area contributed by atoms with Gasteiger partial charge in [-0.3, -0.25) is 4.79 Å². The normalized spacial score (nSPS) is 19.9. The number of carbonyl (C=O) groups is 2. The smallest absolute Gasteiger partial charge is 0.410 e. The fraction of sp³-hybridized carbons (Fsp3) is 0.483. The Bertz CT molecular complexity index is 1170. The largest absolute Gasteiger partial charge is 0.444 e. The van der Waals surface area contributed by atoms with Crippen LogP contribution < -0.4 is 15.5 Å². The second-order valence-corrected chi connectivity index (χ2v) is 11.4. The van der Waals surface area contributed by atoms with Crippen molar-refractivity contribution in [1.29, 1.82) is 5.26 Å². The molecule has 202 valence electrons. The van der Waals surface area contributed by atoms with Gasteiger partial charge < -0.3 is 25.2 Å². The molecular weight excluding hydrogens is 502 g/mol. The van der Waals surface area contributed by atoms with Crippen LogP contribution in [0.2, 0.25) is 5.02 Å². The Labute approximate surface area is 229 Å². The standard InChI is InChI=1S/C29H36ClN5O3/c1-29(2,3)38-28(37)35-16-14-34(15-17-35)25-12-5-20(6-13-25)27(36)33-23-10-8-22(9-11-23)32-24-7-4-21(19-31)26(30)18-24/h4-7,12-13,18,22-23,32H,8-11,14-17H2,1-3H3,(H,33,36). The summed E-state index contributed by atoms with van der Waals surface area (Å²) in [5.41, 5.74) is 2.57. The van der Waals surface area contributed by atoms with Crippen LogP contribution in [0.25, 0.3) is 0 Å². The molecule has 4 rings (SSSR count). The van der Waals surface area contributed by atoms with Crippen LogP contribution in [0.1, 0.15) is 62.4 Å². The first-order chi connectivity index (χ1) is 18.1. The third-order valence-electron chi connectivity index (χ3n) is 6.95. The number of rotatable bonds is 5. The molecule has 0 unspecified atom stereocenters. The zero-order valence-corrected chi connectivity index (χ0v) is 23.1. The van der Waals surface area contributed by atoms with Gasteiger partial charge in [0.1, 0.15) is 11.7 Å². The molecule has 0 spiro atoms. The van der Waals surface area contributed by atoms with Crippen molar-refractivity contribution in [3.63, 3.8) is 0 Å². The minimum Gasteiger partial charge on any atom is -0.444 e. The molecule has 9 heteroatoms. The van der Waals surface area contributed by atoms with Crippen molar-refractivity contribution in [2.24, 2.45) is 0 Å². The van der Waals surface area contributed by atoms with Crippen molar-refractivity contribution >= 4 is 35.0 Å². The van der Waals surface area contributed by atoms with Crippen molar-refractivity contribution in [3.8, 4) is 6.07 Å². The average molecular weight is 538 g/mol. The van der Waals surface area contributed by atoms with Crippen LogP contribution in [0, 0.1) is 11.3 Å². The number of hydrogen-bond acceptors (Lipinski definition) is 6. The van der Waals surface area contributed by atoms with E-state index in [2.05, 4.69) is 21.6 Å². The van der Waals surface area contributed by atoms with E-state index < -0.39 is 5.60 Å². The average Bonchev–Trinajstić information content (AvgIpc) is 2.89. The van der Waals surface area contributed by atoms with E-state index in [0.29, 0.717) is 35.3 Å². The zero-order valence-electron chi connectivity index (χ0n) is 22.3. The summed E-state index contributed by atoms with van der Waals surface area (Å²) >= 11 is 6.14. The van der Waals surface area contributed by atoms with Crippen LogP contribution in [0.15, 0.2) is 42.5 Å². The zero-order chi connectivity index (χ0) is 27.3. The maximum absolute atomic E-state index is 12.9. The molecule has 0 radical (unpaired) electrons. The lowest BCUT2D eigenvalue weighted by molar-refractivity contribution is 0.0240. The lowest BCUT2D eigenvalue weighted by Gasteiger charge is -2.36. The molecule has 2 aromatic rings. The lowest BCUT2D eigenvalue weighted by Crippen LogP contribution is -2.50. The van der Waals surface area contributed by atoms with E-state index in [9.17, 15) is 9.59 Å². The van der Waals surface area contributed by atoms with Gasteiger partial charge in [0, 0.05) is 55.2 Å². The first kappa shape index (κ1) is 27.6. The van der Waals surface area contributed by atoms with E-state index in [4.69, 9.17) is 21.6 Å². The summed E-state index contributed by atoms with van der Waals surface area (Å²) in [6.07, 6.45) is 3.40. The van der Waals surface area contributed by atoms with Crippen LogP contribution >= 0.6 is 11.6 Å². The molecule has 8 nitrogen and oxygen atoms in total. The van der Waals surface area contributed by atoms with Crippen molar-refractivity contribution in [2.45, 2.75) is 64.1 Å². The van der Waals surface area contributed by atoms with E-state index in [1.54, 1.807) is 17.0 Å². The minimum atomic E-state index is -0.498. The summed E-state index contributed by atoms with van der Waals surface area (Å²) in [7, 11) is 0. The highest BCUT2D eigenvalue weighted by atomic mass is 35.5. The predicted molar refractivity (Wildman–Crippen MR) is 150 cm³/mol. The fourth-order valence-electron chi connectivity index (χ4n) is 4.88. The molecule has 2 N–H and O–H groups in total. The molecule has 2 amide bonds. The maximum Gasteiger partial charge on any atom is 0.410 e. The lowest BCUT2D eigenvalue weighted by atomic mass is 9.90. The number of piperazine rings is 1. The molecule has 1 heterocycles. The maximum atomic E-state index is 12.9. The molecule has 2 aliphatic rings. The highest BCUT2D eigenvalue weighted by molar-refractivity contribution is 6.32. The highest BCUT2D eigenvalue weighted by Crippen LogP contribution is 2.26. The molecule has 1 saturated heterocycles. The van der Waals surface area contributed by atoms with Crippen LogP contribution in [0.5, 0.6) is 0 Å². The van der Waals surface area contributed by atoms with Crippen LogP contribution in [0.3, 0.4) is 0 Å². The van der Waals surface area contributed by atoms with E-state index in [1.807, 2.05) is 51.1 Å². The molecule has 0 bridgehead atoms. The third kappa shape index (κ3) is 7.32. The van der Waals surface area contributed by atoms with Gasteiger partial charge in [-0.25, -0.2) is 4.79 Å². The fourth-order valence-corrected chi connectivity index (χ4v) is 5.10. The summed E-state index contributed by atoms with van der Waals surface area (Å²) < 4.78 is 5.47. The van der Waals surface area contributed by atoms with Gasteiger partial charge in [-0.2, -0.15) is 5.26 Å². The molecule has 1 aliphatic carbocycles. The van der Waals surface area contributed by atoms with Gasteiger partial charge in [-0.1, -0.05) is 11.6 Å². The summed E-state index contributed by atoms with van der Waals surface area (Å²) in [4.78, 5) is 29.1. The number of halogens is 1. The van der Waals surface area contributed by atoms with Gasteiger partial charge in [-0.15, -0.1) is 0 Å². The molecule has 38 heavy (non-hydrogen) atoms. The molecule has 2 fully saturated rings. The Hall–Kier alpha value is -3.44. The van der Waals surface area contributed by atoms with E-state index in [0.717, 1.165) is 50.1 Å². The second-order valence-electron chi connectivity index (χ2n) is 11.0. The number of amides is 2. The molecule has 1 saturated carbocycles. The van der Waals surface area contributed by atoms with Gasteiger partial charge in [-0.05, 0) is 88.9 Å². The number of benzene rings is 2. The minimum absolute atomic E-state index is 0.0541. The SMILES string of the molecule is CC(C)(C)OC(=O)N1CCN(c2ccc(C(=O)NC3CCC(Nc4ccc(C#N)c(Cl)c4)CC3)cc2)CC1. The number of nitrogens with zero attached hydrogens (tertiary/aromatic N) is 3. The first-order valence-electron chi connectivity index (χ1n) is 13.2. The van der Waals surface area contributed by atoms with Crippen molar-refractivity contribution in [2.75, 3.05) is 36.4 Å². The van der Waals surface area contributed by atoms with Crippen LogP contribution in [0.4, 0.5) is 16.2 Å².